The molecule has 0 spiro atoms. The third-order valence-corrected chi connectivity index (χ3v) is 8.01. The first-order valence-electron chi connectivity index (χ1n) is 12.2. The van der Waals surface area contributed by atoms with Gasteiger partial charge in [-0.1, -0.05) is 66.7 Å². The Balaban J connectivity index is 1.31. The van der Waals surface area contributed by atoms with Crippen molar-refractivity contribution in [3.05, 3.63) is 125 Å². The van der Waals surface area contributed by atoms with Crippen LogP contribution >= 0.6 is 0 Å². The van der Waals surface area contributed by atoms with Crippen LogP contribution in [-0.4, -0.2) is 18.1 Å². The molecular weight excluding hydrogens is 462 g/mol. The summed E-state index contributed by atoms with van der Waals surface area (Å²) < 4.78 is 0. The van der Waals surface area contributed by atoms with Crippen molar-refractivity contribution in [2.75, 3.05) is 4.90 Å². The van der Waals surface area contributed by atoms with Gasteiger partial charge in [-0.2, -0.15) is 10.2 Å². The predicted octanol–water partition coefficient (Wildman–Crippen LogP) is 5.85. The summed E-state index contributed by atoms with van der Waals surface area (Å²) >= 11 is 0. The maximum Gasteiger partial charge on any atom is 0.239 e. The van der Waals surface area contributed by atoms with E-state index in [1.807, 2.05) is 78.9 Å². The Labute approximate surface area is 213 Å². The van der Waals surface area contributed by atoms with Crippen LogP contribution in [-0.2, 0) is 19.8 Å². The van der Waals surface area contributed by atoms with E-state index in [4.69, 9.17) is 0 Å². The Bertz CT molecular complexity index is 1560. The maximum atomic E-state index is 14.0. The van der Waals surface area contributed by atoms with Crippen molar-refractivity contribution in [3.8, 4) is 0 Å². The number of nitrogens with zero attached hydrogens (tertiary/aromatic N) is 3. The van der Waals surface area contributed by atoms with Crippen molar-refractivity contribution in [2.24, 2.45) is 22.1 Å². The first kappa shape index (κ1) is 21.6. The number of hydrogen-bond donors (Lipinski definition) is 0. The number of azo groups is 1. The molecular formula is C31H21N3O3. The lowest BCUT2D eigenvalue weighted by atomic mass is 9.48. The summed E-state index contributed by atoms with van der Waals surface area (Å²) in [6, 6.07) is 31.7. The lowest BCUT2D eigenvalue weighted by Gasteiger charge is -2.51. The minimum Gasteiger partial charge on any atom is -0.302 e. The standard InChI is InChI=1S/C31H21N3O3/c35-18-31-24-12-6-4-10-22(24)26(23-11-5-7-13-25(23)31)27-28(31)30(37)34(29(27)36)21-16-14-20(15-17-21)33-32-19-8-2-1-3-9-19/h1-18,26-28H/t26?,27-,28-,31?/m1/s1. The van der Waals surface area contributed by atoms with Gasteiger partial charge in [-0.25, -0.2) is 4.90 Å². The van der Waals surface area contributed by atoms with Crippen LogP contribution in [0.25, 0.3) is 0 Å². The fourth-order valence-electron chi connectivity index (χ4n) is 6.56. The molecule has 2 amide bonds. The molecule has 4 aromatic rings. The summed E-state index contributed by atoms with van der Waals surface area (Å²) in [7, 11) is 0. The molecule has 178 valence electrons. The SMILES string of the molecule is O=CC12c3ccccc3C(c3ccccc31)[C@H]1C(=O)N(c3ccc(N=Nc4ccccc4)cc3)C(=O)[C@@H]12. The molecule has 2 bridgehead atoms. The number of imide groups is 1. The van der Waals surface area contributed by atoms with Gasteiger partial charge in [0.15, 0.2) is 0 Å². The number of aldehydes is 1. The molecule has 4 aliphatic rings. The van der Waals surface area contributed by atoms with E-state index in [0.29, 0.717) is 11.4 Å². The molecule has 0 unspecified atom stereocenters. The van der Waals surface area contributed by atoms with E-state index in [1.54, 1.807) is 24.3 Å². The van der Waals surface area contributed by atoms with Crippen LogP contribution in [0.5, 0.6) is 0 Å². The summed E-state index contributed by atoms with van der Waals surface area (Å²) in [5, 5.41) is 8.48. The highest BCUT2D eigenvalue weighted by Gasteiger charge is 2.68. The van der Waals surface area contributed by atoms with Crippen molar-refractivity contribution in [1.29, 1.82) is 0 Å². The van der Waals surface area contributed by atoms with Gasteiger partial charge >= 0.3 is 0 Å². The van der Waals surface area contributed by atoms with Crippen LogP contribution in [0, 0.1) is 11.8 Å². The number of benzene rings is 4. The zero-order valence-electron chi connectivity index (χ0n) is 19.7. The summed E-state index contributed by atoms with van der Waals surface area (Å²) in [6.07, 6.45) is 0.888. The molecule has 1 heterocycles. The van der Waals surface area contributed by atoms with Crippen LogP contribution in [0.2, 0.25) is 0 Å². The van der Waals surface area contributed by atoms with Crippen LogP contribution < -0.4 is 4.90 Å². The fraction of sp³-hybridized carbons (Fsp3) is 0.129. The number of carbonyl (C=O) groups excluding carboxylic acids is 3. The fourth-order valence-corrected chi connectivity index (χ4v) is 6.56. The van der Waals surface area contributed by atoms with E-state index in [9.17, 15) is 14.4 Å². The maximum absolute atomic E-state index is 14.0. The highest BCUT2D eigenvalue weighted by atomic mass is 16.2. The molecule has 37 heavy (non-hydrogen) atoms. The first-order chi connectivity index (χ1) is 18.1. The zero-order valence-corrected chi connectivity index (χ0v) is 19.7. The van der Waals surface area contributed by atoms with Gasteiger partial charge in [0.05, 0.1) is 34.3 Å². The van der Waals surface area contributed by atoms with Crippen LogP contribution in [0.1, 0.15) is 28.2 Å². The van der Waals surface area contributed by atoms with Gasteiger partial charge in [0.25, 0.3) is 0 Å². The highest BCUT2D eigenvalue weighted by Crippen LogP contribution is 2.63. The van der Waals surface area contributed by atoms with Gasteiger partial charge in [0.1, 0.15) is 6.29 Å². The summed E-state index contributed by atoms with van der Waals surface area (Å²) in [5.41, 5.74) is 4.17. The van der Waals surface area contributed by atoms with Gasteiger partial charge in [0.2, 0.25) is 11.8 Å². The topological polar surface area (TPSA) is 79.2 Å². The lowest BCUT2D eigenvalue weighted by Crippen LogP contribution is -2.54. The van der Waals surface area contributed by atoms with Gasteiger partial charge in [-0.3, -0.25) is 9.59 Å². The minimum absolute atomic E-state index is 0.270. The Hall–Kier alpha value is -4.71. The summed E-state index contributed by atoms with van der Waals surface area (Å²) in [6.45, 7) is 0. The Morgan fingerprint density at radius 2 is 1.19 bits per heavy atom. The molecule has 0 N–H and O–H groups in total. The molecule has 0 aromatic heterocycles. The molecule has 4 aromatic carbocycles. The van der Waals surface area contributed by atoms with Gasteiger partial charge < -0.3 is 4.79 Å². The third-order valence-electron chi connectivity index (χ3n) is 8.01. The average Bonchev–Trinajstić information content (AvgIpc) is 3.23. The highest BCUT2D eigenvalue weighted by molar-refractivity contribution is 6.24. The molecule has 6 nitrogen and oxygen atoms in total. The minimum atomic E-state index is -1.20. The number of amides is 2. The Morgan fingerprint density at radius 1 is 0.649 bits per heavy atom. The molecule has 2 atom stereocenters. The quantitative estimate of drug-likeness (QED) is 0.207. The van der Waals surface area contributed by atoms with E-state index in [2.05, 4.69) is 10.2 Å². The summed E-state index contributed by atoms with van der Waals surface area (Å²) in [5.74, 6) is -2.31. The average molecular weight is 484 g/mol. The Kier molecular flexibility index (Phi) is 4.60. The molecule has 0 saturated carbocycles. The predicted molar refractivity (Wildman–Crippen MR) is 138 cm³/mol. The molecule has 6 heteroatoms. The van der Waals surface area contributed by atoms with Gasteiger partial charge in [-0.05, 0) is 58.7 Å². The monoisotopic (exact) mass is 483 g/mol. The summed E-state index contributed by atoms with van der Waals surface area (Å²) in [4.78, 5) is 42.3. The van der Waals surface area contributed by atoms with Crippen LogP contribution in [0.4, 0.5) is 17.1 Å². The molecule has 1 aliphatic heterocycles. The number of carbonyl (C=O) groups is 3. The second kappa shape index (κ2) is 7.90. The van der Waals surface area contributed by atoms with E-state index >= 15 is 0 Å². The third kappa shape index (κ3) is 2.84. The van der Waals surface area contributed by atoms with Gasteiger partial charge in [0, 0.05) is 5.92 Å². The van der Waals surface area contributed by atoms with Crippen LogP contribution in [0.3, 0.4) is 0 Å². The second-order valence-electron chi connectivity index (χ2n) is 9.71. The smallest absolute Gasteiger partial charge is 0.239 e. The van der Waals surface area contributed by atoms with Crippen molar-refractivity contribution in [1.82, 2.24) is 0 Å². The zero-order chi connectivity index (χ0) is 25.1. The van der Waals surface area contributed by atoms with Crippen molar-refractivity contribution >= 4 is 35.2 Å². The van der Waals surface area contributed by atoms with E-state index < -0.39 is 17.3 Å². The largest absolute Gasteiger partial charge is 0.302 e. The second-order valence-corrected chi connectivity index (χ2v) is 9.71. The molecule has 0 radical (unpaired) electrons. The molecule has 3 aliphatic carbocycles. The lowest BCUT2D eigenvalue weighted by molar-refractivity contribution is -0.128. The Morgan fingerprint density at radius 3 is 1.78 bits per heavy atom. The molecule has 1 saturated heterocycles. The molecule has 8 rings (SSSR count). The number of hydrogen-bond acceptors (Lipinski definition) is 5. The van der Waals surface area contributed by atoms with Crippen molar-refractivity contribution < 1.29 is 14.4 Å². The van der Waals surface area contributed by atoms with Crippen LogP contribution in [0.15, 0.2) is 113 Å². The normalized spacial score (nSPS) is 25.2. The van der Waals surface area contributed by atoms with E-state index in [0.717, 1.165) is 34.2 Å². The van der Waals surface area contributed by atoms with Crippen molar-refractivity contribution in [3.63, 3.8) is 0 Å². The number of rotatable bonds is 4. The van der Waals surface area contributed by atoms with Gasteiger partial charge in [-0.15, -0.1) is 0 Å². The van der Waals surface area contributed by atoms with E-state index in [1.165, 1.54) is 4.90 Å². The first-order valence-corrected chi connectivity index (χ1v) is 12.2. The van der Waals surface area contributed by atoms with E-state index in [-0.39, 0.29) is 17.7 Å². The number of anilines is 1. The van der Waals surface area contributed by atoms with Crippen molar-refractivity contribution in [2.45, 2.75) is 11.3 Å². The molecule has 1 fully saturated rings.